The second-order valence-electron chi connectivity index (χ2n) is 8.22. The lowest BCUT2D eigenvalue weighted by molar-refractivity contribution is -0.113. The zero-order valence-electron chi connectivity index (χ0n) is 19.0. The van der Waals surface area contributed by atoms with E-state index in [-0.39, 0.29) is 11.7 Å². The maximum atomic E-state index is 12.9. The topological polar surface area (TPSA) is 75.9 Å². The van der Waals surface area contributed by atoms with Crippen LogP contribution in [0, 0.1) is 6.92 Å². The fourth-order valence-corrected chi connectivity index (χ4v) is 4.95. The SMILES string of the molecule is Cc1ccccc1-n1c(SCC(=O)Nc2ccccc2N2CCCC2)nnc1-c1cccnc1. The largest absolute Gasteiger partial charge is 0.370 e. The highest BCUT2D eigenvalue weighted by molar-refractivity contribution is 7.99. The van der Waals surface area contributed by atoms with E-state index in [1.807, 2.05) is 53.1 Å². The van der Waals surface area contributed by atoms with Crippen LogP contribution in [0.3, 0.4) is 0 Å². The summed E-state index contributed by atoms with van der Waals surface area (Å²) < 4.78 is 2.00. The summed E-state index contributed by atoms with van der Waals surface area (Å²) in [7, 11) is 0. The quantitative estimate of drug-likeness (QED) is 0.385. The maximum absolute atomic E-state index is 12.9. The standard InChI is InChI=1S/C26H26N6OS/c1-19-9-2-4-12-22(19)32-25(20-10-8-14-27-17-20)29-30-26(32)34-18-24(33)28-21-11-3-5-13-23(21)31-15-6-7-16-31/h2-5,8-14,17H,6-7,15-16,18H2,1H3,(H,28,33). The van der Waals surface area contributed by atoms with E-state index in [1.54, 1.807) is 12.4 Å². The average Bonchev–Trinajstić information content (AvgIpc) is 3.55. The van der Waals surface area contributed by atoms with Crippen LogP contribution in [0.15, 0.2) is 78.2 Å². The minimum atomic E-state index is -0.0705. The molecule has 1 aliphatic rings. The van der Waals surface area contributed by atoms with Gasteiger partial charge in [-0.1, -0.05) is 42.1 Å². The van der Waals surface area contributed by atoms with Gasteiger partial charge in [-0.15, -0.1) is 10.2 Å². The van der Waals surface area contributed by atoms with Crippen molar-refractivity contribution in [1.82, 2.24) is 19.7 Å². The highest BCUT2D eigenvalue weighted by atomic mass is 32.2. The van der Waals surface area contributed by atoms with Gasteiger partial charge in [0.1, 0.15) is 0 Å². The van der Waals surface area contributed by atoms with Crippen molar-refractivity contribution < 1.29 is 4.79 Å². The van der Waals surface area contributed by atoms with Gasteiger partial charge in [0, 0.05) is 31.0 Å². The normalized spacial score (nSPS) is 13.3. The number of hydrogen-bond acceptors (Lipinski definition) is 6. The Morgan fingerprint density at radius 1 is 0.971 bits per heavy atom. The number of aromatic nitrogens is 4. The van der Waals surface area contributed by atoms with E-state index >= 15 is 0 Å². The molecule has 5 rings (SSSR count). The summed E-state index contributed by atoms with van der Waals surface area (Å²) in [5, 5.41) is 12.6. The second kappa shape index (κ2) is 10.1. The van der Waals surface area contributed by atoms with Crippen LogP contribution in [0.2, 0.25) is 0 Å². The smallest absolute Gasteiger partial charge is 0.234 e. The van der Waals surface area contributed by atoms with Gasteiger partial charge in [-0.2, -0.15) is 0 Å². The Bertz CT molecular complexity index is 1280. The number of amides is 1. The highest BCUT2D eigenvalue weighted by Gasteiger charge is 2.20. The van der Waals surface area contributed by atoms with Crippen molar-refractivity contribution in [2.24, 2.45) is 0 Å². The third kappa shape index (κ3) is 4.68. The van der Waals surface area contributed by atoms with Gasteiger partial charge >= 0.3 is 0 Å². The minimum absolute atomic E-state index is 0.0705. The molecule has 0 unspecified atom stereocenters. The van der Waals surface area contributed by atoms with Gasteiger partial charge in [-0.05, 0) is 55.7 Å². The molecule has 1 saturated heterocycles. The first-order valence-corrected chi connectivity index (χ1v) is 12.4. The van der Waals surface area contributed by atoms with E-state index in [1.165, 1.54) is 24.6 Å². The average molecular weight is 471 g/mol. The van der Waals surface area contributed by atoms with E-state index in [0.717, 1.165) is 41.3 Å². The molecule has 172 valence electrons. The van der Waals surface area contributed by atoms with Crippen LogP contribution in [0.5, 0.6) is 0 Å². The van der Waals surface area contributed by atoms with Crippen molar-refractivity contribution in [2.45, 2.75) is 24.9 Å². The number of hydrogen-bond donors (Lipinski definition) is 1. The third-order valence-corrected chi connectivity index (χ3v) is 6.80. The molecule has 1 N–H and O–H groups in total. The molecule has 0 saturated carbocycles. The minimum Gasteiger partial charge on any atom is -0.370 e. The van der Waals surface area contributed by atoms with Gasteiger partial charge in [-0.25, -0.2) is 0 Å². The number of aryl methyl sites for hydroxylation is 1. The van der Waals surface area contributed by atoms with Crippen molar-refractivity contribution in [1.29, 1.82) is 0 Å². The molecular formula is C26H26N6OS. The predicted molar refractivity (Wildman–Crippen MR) is 137 cm³/mol. The number of pyridine rings is 1. The van der Waals surface area contributed by atoms with Crippen LogP contribution in [-0.4, -0.2) is 44.5 Å². The molecular weight excluding hydrogens is 444 g/mol. The molecule has 0 atom stereocenters. The third-order valence-electron chi connectivity index (χ3n) is 5.87. The fourth-order valence-electron chi connectivity index (χ4n) is 4.21. The number of rotatable bonds is 7. The van der Waals surface area contributed by atoms with Gasteiger partial charge in [0.05, 0.1) is 22.8 Å². The van der Waals surface area contributed by atoms with Crippen LogP contribution < -0.4 is 10.2 Å². The number of nitrogens with zero attached hydrogens (tertiary/aromatic N) is 5. The van der Waals surface area contributed by atoms with Gasteiger partial charge in [0.2, 0.25) is 5.91 Å². The summed E-state index contributed by atoms with van der Waals surface area (Å²) in [4.78, 5) is 19.5. The van der Waals surface area contributed by atoms with E-state index in [0.29, 0.717) is 11.0 Å². The molecule has 1 fully saturated rings. The molecule has 1 aliphatic heterocycles. The molecule has 34 heavy (non-hydrogen) atoms. The summed E-state index contributed by atoms with van der Waals surface area (Å²) >= 11 is 1.37. The molecule has 4 aromatic rings. The Labute approximate surface area is 203 Å². The molecule has 1 amide bonds. The lowest BCUT2D eigenvalue weighted by Gasteiger charge is -2.21. The van der Waals surface area contributed by atoms with Crippen LogP contribution in [0.4, 0.5) is 11.4 Å². The Morgan fingerprint density at radius 2 is 1.74 bits per heavy atom. The van der Waals surface area contributed by atoms with E-state index in [2.05, 4.69) is 44.5 Å². The van der Waals surface area contributed by atoms with Crippen LogP contribution in [-0.2, 0) is 4.79 Å². The number of carbonyl (C=O) groups excluding carboxylic acids is 1. The van der Waals surface area contributed by atoms with Crippen LogP contribution in [0.1, 0.15) is 18.4 Å². The van der Waals surface area contributed by atoms with Crippen molar-refractivity contribution in [2.75, 3.05) is 29.1 Å². The zero-order chi connectivity index (χ0) is 23.3. The first-order chi connectivity index (χ1) is 16.7. The number of thioether (sulfide) groups is 1. The van der Waals surface area contributed by atoms with Crippen LogP contribution in [0.25, 0.3) is 17.1 Å². The van der Waals surface area contributed by atoms with Crippen molar-refractivity contribution >= 4 is 29.0 Å². The predicted octanol–water partition coefficient (Wildman–Crippen LogP) is 4.97. The summed E-state index contributed by atoms with van der Waals surface area (Å²) in [6, 6.07) is 19.9. The monoisotopic (exact) mass is 470 g/mol. The van der Waals surface area contributed by atoms with Crippen LogP contribution >= 0.6 is 11.8 Å². The molecule has 0 spiro atoms. The van der Waals surface area contributed by atoms with Gasteiger partial charge < -0.3 is 10.2 Å². The maximum Gasteiger partial charge on any atom is 0.234 e. The summed E-state index contributed by atoms with van der Waals surface area (Å²) in [6.45, 7) is 4.11. The van der Waals surface area contributed by atoms with Gasteiger partial charge in [-0.3, -0.25) is 14.3 Å². The number of carbonyl (C=O) groups is 1. The molecule has 2 aromatic heterocycles. The van der Waals surface area contributed by atoms with E-state index in [9.17, 15) is 4.79 Å². The Morgan fingerprint density at radius 3 is 2.50 bits per heavy atom. The van der Waals surface area contributed by atoms with Crippen molar-refractivity contribution in [3.05, 3.63) is 78.6 Å². The highest BCUT2D eigenvalue weighted by Crippen LogP contribution is 2.31. The Hall–Kier alpha value is -3.65. The Balaban J connectivity index is 1.38. The number of para-hydroxylation sites is 3. The second-order valence-corrected chi connectivity index (χ2v) is 9.16. The summed E-state index contributed by atoms with van der Waals surface area (Å²) in [5.74, 6) is 0.856. The number of nitrogens with one attached hydrogen (secondary N) is 1. The molecule has 2 aromatic carbocycles. The first-order valence-electron chi connectivity index (χ1n) is 11.4. The molecule has 0 bridgehead atoms. The lowest BCUT2D eigenvalue weighted by atomic mass is 10.2. The summed E-state index contributed by atoms with van der Waals surface area (Å²) in [6.07, 6.45) is 5.88. The number of anilines is 2. The van der Waals surface area contributed by atoms with Gasteiger partial charge in [0.15, 0.2) is 11.0 Å². The van der Waals surface area contributed by atoms with Crippen molar-refractivity contribution in [3.8, 4) is 17.1 Å². The zero-order valence-corrected chi connectivity index (χ0v) is 19.8. The van der Waals surface area contributed by atoms with Gasteiger partial charge in [0.25, 0.3) is 0 Å². The molecule has 0 radical (unpaired) electrons. The Kier molecular flexibility index (Phi) is 6.58. The number of benzene rings is 2. The fraction of sp³-hybridized carbons (Fsp3) is 0.231. The molecule has 8 heteroatoms. The first kappa shape index (κ1) is 22.2. The van der Waals surface area contributed by atoms with Crippen molar-refractivity contribution in [3.63, 3.8) is 0 Å². The molecule has 7 nitrogen and oxygen atoms in total. The van der Waals surface area contributed by atoms with E-state index < -0.39 is 0 Å². The molecule has 0 aliphatic carbocycles. The molecule has 3 heterocycles. The van der Waals surface area contributed by atoms with E-state index in [4.69, 9.17) is 0 Å². The lowest BCUT2D eigenvalue weighted by Crippen LogP contribution is -2.21. The summed E-state index contributed by atoms with van der Waals surface area (Å²) in [5.41, 5.74) is 4.88.